The van der Waals surface area contributed by atoms with E-state index in [1.165, 1.54) is 42.5 Å². The van der Waals surface area contributed by atoms with Crippen LogP contribution in [-0.2, 0) is 23.7 Å². The number of para-hydroxylation sites is 1. The summed E-state index contributed by atoms with van der Waals surface area (Å²) >= 11 is 0. The number of hydrogen-bond donors (Lipinski definition) is 2. The highest BCUT2D eigenvalue weighted by Gasteiger charge is 2.37. The standard InChI is InChI=1S/C32H22F6N2O6/c33-31(34,35)20-12-18(13-21(15-20)32(36,37)38)17-40(22-5-3-4-19(14-22)29(43)39-11-10-28(41)42)30(44)45-23-8-9-27-25(16-23)24-6-1-2-7-26(24)46-27/h1-9,12-16H,10-11,17H2,(H,39,43)(H,41,42). The van der Waals surface area contributed by atoms with E-state index in [0.717, 1.165) is 4.90 Å². The number of benzene rings is 4. The van der Waals surface area contributed by atoms with Gasteiger partial charge in [-0.2, -0.15) is 26.3 Å². The third kappa shape index (κ3) is 7.22. The Kier molecular flexibility index (Phi) is 8.64. The van der Waals surface area contributed by atoms with Crippen molar-refractivity contribution in [3.8, 4) is 5.75 Å². The largest absolute Gasteiger partial charge is 0.481 e. The molecule has 0 fully saturated rings. The van der Waals surface area contributed by atoms with Gasteiger partial charge >= 0.3 is 24.4 Å². The van der Waals surface area contributed by atoms with Crippen LogP contribution < -0.4 is 15.0 Å². The molecule has 0 radical (unpaired) electrons. The van der Waals surface area contributed by atoms with Crippen molar-refractivity contribution in [1.29, 1.82) is 0 Å². The van der Waals surface area contributed by atoms with Gasteiger partial charge in [-0.3, -0.25) is 14.5 Å². The number of nitrogens with zero attached hydrogens (tertiary/aromatic N) is 1. The molecule has 5 rings (SSSR count). The number of ether oxygens (including phenoxy) is 1. The van der Waals surface area contributed by atoms with E-state index in [-0.39, 0.29) is 36.0 Å². The van der Waals surface area contributed by atoms with Crippen LogP contribution in [0.3, 0.4) is 0 Å². The topological polar surface area (TPSA) is 109 Å². The first kappa shape index (κ1) is 31.9. The van der Waals surface area contributed by atoms with Crippen molar-refractivity contribution < 1.29 is 55.0 Å². The molecule has 0 aliphatic heterocycles. The van der Waals surface area contributed by atoms with Crippen molar-refractivity contribution in [1.82, 2.24) is 5.32 Å². The summed E-state index contributed by atoms with van der Waals surface area (Å²) in [5, 5.41) is 12.5. The van der Waals surface area contributed by atoms with E-state index < -0.39 is 53.6 Å². The summed E-state index contributed by atoms with van der Waals surface area (Å²) in [7, 11) is 0. The van der Waals surface area contributed by atoms with Gasteiger partial charge in [-0.05, 0) is 66.2 Å². The number of fused-ring (bicyclic) bond motifs is 3. The number of nitrogens with one attached hydrogen (secondary N) is 1. The second-order valence-corrected chi connectivity index (χ2v) is 10.1. The molecular weight excluding hydrogens is 622 g/mol. The molecule has 8 nitrogen and oxygen atoms in total. The van der Waals surface area contributed by atoms with Gasteiger partial charge in [0, 0.05) is 28.6 Å². The molecular formula is C32H22F6N2O6. The molecule has 1 aromatic heterocycles. The van der Waals surface area contributed by atoms with Gasteiger partial charge < -0.3 is 19.6 Å². The minimum absolute atomic E-state index is 0.00311. The fourth-order valence-corrected chi connectivity index (χ4v) is 4.68. The average Bonchev–Trinajstić information content (AvgIpc) is 3.36. The van der Waals surface area contributed by atoms with Crippen LogP contribution in [0.25, 0.3) is 21.9 Å². The number of carboxylic acids is 1. The van der Waals surface area contributed by atoms with Gasteiger partial charge in [-0.25, -0.2) is 4.79 Å². The molecule has 2 amide bonds. The number of anilines is 1. The first-order valence-electron chi connectivity index (χ1n) is 13.5. The van der Waals surface area contributed by atoms with Crippen molar-refractivity contribution in [3.63, 3.8) is 0 Å². The van der Waals surface area contributed by atoms with Gasteiger partial charge in [0.15, 0.2) is 0 Å². The number of hydrogen-bond acceptors (Lipinski definition) is 5. The molecule has 4 aromatic carbocycles. The van der Waals surface area contributed by atoms with Crippen LogP contribution in [0.4, 0.5) is 36.8 Å². The lowest BCUT2D eigenvalue weighted by Crippen LogP contribution is -2.34. The van der Waals surface area contributed by atoms with E-state index in [2.05, 4.69) is 5.32 Å². The van der Waals surface area contributed by atoms with Gasteiger partial charge in [-0.15, -0.1) is 0 Å². The first-order valence-corrected chi connectivity index (χ1v) is 13.5. The molecule has 5 aromatic rings. The maximum Gasteiger partial charge on any atom is 0.420 e. The van der Waals surface area contributed by atoms with Crippen LogP contribution in [0.5, 0.6) is 5.75 Å². The van der Waals surface area contributed by atoms with Crippen molar-refractivity contribution in [2.24, 2.45) is 0 Å². The molecule has 1 heterocycles. The number of alkyl halides is 6. The van der Waals surface area contributed by atoms with Crippen LogP contribution in [0.15, 0.2) is 89.3 Å². The zero-order chi connectivity index (χ0) is 33.2. The van der Waals surface area contributed by atoms with Crippen LogP contribution in [-0.4, -0.2) is 29.6 Å². The highest BCUT2D eigenvalue weighted by Crippen LogP contribution is 2.37. The maximum atomic E-state index is 13.6. The smallest absolute Gasteiger partial charge is 0.420 e. The Morgan fingerprint density at radius 2 is 1.46 bits per heavy atom. The predicted molar refractivity (Wildman–Crippen MR) is 153 cm³/mol. The first-order chi connectivity index (χ1) is 21.7. The number of carbonyl (C=O) groups is 3. The molecule has 0 spiro atoms. The zero-order valence-corrected chi connectivity index (χ0v) is 23.4. The third-order valence-electron chi connectivity index (χ3n) is 6.81. The van der Waals surface area contributed by atoms with Crippen LogP contribution in [0, 0.1) is 0 Å². The summed E-state index contributed by atoms with van der Waals surface area (Å²) < 4.78 is 92.8. The van der Waals surface area contributed by atoms with E-state index in [1.54, 1.807) is 24.3 Å². The molecule has 2 N–H and O–H groups in total. The quantitative estimate of drug-likeness (QED) is 0.166. The normalized spacial score (nSPS) is 11.9. The summed E-state index contributed by atoms with van der Waals surface area (Å²) in [5.74, 6) is -1.90. The summed E-state index contributed by atoms with van der Waals surface area (Å²) in [4.78, 5) is 37.8. The molecule has 0 saturated carbocycles. The van der Waals surface area contributed by atoms with Crippen molar-refractivity contribution in [2.45, 2.75) is 25.3 Å². The number of carbonyl (C=O) groups excluding carboxylic acids is 2. The molecule has 0 saturated heterocycles. The Morgan fingerprint density at radius 3 is 2.13 bits per heavy atom. The van der Waals surface area contributed by atoms with Gasteiger partial charge in [0.2, 0.25) is 0 Å². The van der Waals surface area contributed by atoms with Crippen LogP contribution in [0.1, 0.15) is 33.5 Å². The summed E-state index contributed by atoms with van der Waals surface area (Å²) in [6.07, 6.45) is -11.8. The number of amides is 2. The Morgan fingerprint density at radius 1 is 0.783 bits per heavy atom. The highest BCUT2D eigenvalue weighted by molar-refractivity contribution is 6.05. The highest BCUT2D eigenvalue weighted by atomic mass is 19.4. The van der Waals surface area contributed by atoms with Crippen LogP contribution >= 0.6 is 0 Å². The molecule has 238 valence electrons. The number of halogens is 6. The maximum absolute atomic E-state index is 13.6. The fourth-order valence-electron chi connectivity index (χ4n) is 4.68. The van der Waals surface area contributed by atoms with Crippen molar-refractivity contribution in [3.05, 3.63) is 107 Å². The molecule has 0 bridgehead atoms. The zero-order valence-electron chi connectivity index (χ0n) is 23.4. The lowest BCUT2D eigenvalue weighted by molar-refractivity contribution is -0.143. The minimum atomic E-state index is -5.13. The molecule has 0 aliphatic carbocycles. The molecule has 0 atom stereocenters. The van der Waals surface area contributed by atoms with Crippen molar-refractivity contribution in [2.75, 3.05) is 11.4 Å². The van der Waals surface area contributed by atoms with Gasteiger partial charge in [0.1, 0.15) is 16.9 Å². The van der Waals surface area contributed by atoms with Crippen molar-refractivity contribution >= 4 is 45.6 Å². The van der Waals surface area contributed by atoms with E-state index in [4.69, 9.17) is 14.3 Å². The average molecular weight is 645 g/mol. The second kappa shape index (κ2) is 12.5. The molecule has 14 heteroatoms. The molecule has 0 aliphatic rings. The van der Waals surface area contributed by atoms with E-state index in [0.29, 0.717) is 34.1 Å². The summed E-state index contributed by atoms with van der Waals surface area (Å²) in [6.45, 7) is -1.04. The minimum Gasteiger partial charge on any atom is -0.481 e. The molecule has 46 heavy (non-hydrogen) atoms. The fraction of sp³-hybridized carbons (Fsp3) is 0.156. The second-order valence-electron chi connectivity index (χ2n) is 10.1. The van der Waals surface area contributed by atoms with E-state index >= 15 is 0 Å². The predicted octanol–water partition coefficient (Wildman–Crippen LogP) is 8.03. The molecule has 0 unspecified atom stereocenters. The Balaban J connectivity index is 1.53. The number of rotatable bonds is 8. The van der Waals surface area contributed by atoms with Gasteiger partial charge in [0.25, 0.3) is 5.91 Å². The summed E-state index contributed by atoms with van der Waals surface area (Å²) in [6, 6.07) is 17.6. The van der Waals surface area contributed by atoms with E-state index in [9.17, 15) is 40.7 Å². The Labute approximate surface area is 255 Å². The number of furan rings is 1. The third-order valence-corrected chi connectivity index (χ3v) is 6.81. The van der Waals surface area contributed by atoms with Gasteiger partial charge in [-0.1, -0.05) is 24.3 Å². The Bertz CT molecular complexity index is 1920. The number of carboxylic acid groups (broad SMARTS) is 1. The number of aliphatic carboxylic acids is 1. The monoisotopic (exact) mass is 644 g/mol. The Hall–Kier alpha value is -5.53. The lowest BCUT2D eigenvalue weighted by Gasteiger charge is -2.24. The van der Waals surface area contributed by atoms with Crippen LogP contribution in [0.2, 0.25) is 0 Å². The summed E-state index contributed by atoms with van der Waals surface area (Å²) in [5.41, 5.74) is -2.80. The van der Waals surface area contributed by atoms with E-state index in [1.807, 2.05) is 0 Å². The van der Waals surface area contributed by atoms with Gasteiger partial charge in [0.05, 0.1) is 24.1 Å². The SMILES string of the molecule is O=C(O)CCNC(=O)c1cccc(N(Cc2cc(C(F)(F)F)cc(C(F)(F)F)c2)C(=O)Oc2ccc3oc4ccccc4c3c2)c1. The lowest BCUT2D eigenvalue weighted by atomic mass is 10.0.